The van der Waals surface area contributed by atoms with Gasteiger partial charge in [0.2, 0.25) is 0 Å². The second-order valence-electron chi connectivity index (χ2n) is 2.91. The molecule has 0 saturated carbocycles. The zero-order valence-electron chi connectivity index (χ0n) is 7.98. The Kier molecular flexibility index (Phi) is 2.88. The Morgan fingerprint density at radius 3 is 2.87 bits per heavy atom. The number of aromatic nitrogens is 4. The van der Waals surface area contributed by atoms with Crippen LogP contribution in [0, 0.1) is 0 Å². The smallest absolute Gasteiger partial charge is 0.162 e. The van der Waals surface area contributed by atoms with E-state index in [0.29, 0.717) is 15.9 Å². The Morgan fingerprint density at radius 1 is 1.33 bits per heavy atom. The largest absolute Gasteiger partial charge is 0.331 e. The quantitative estimate of drug-likeness (QED) is 0.814. The van der Waals surface area contributed by atoms with E-state index in [1.54, 1.807) is 12.3 Å². The molecule has 0 aliphatic carbocycles. The molecule has 0 aromatic carbocycles. The van der Waals surface area contributed by atoms with Crippen LogP contribution in [0.25, 0.3) is 11.4 Å². The van der Waals surface area contributed by atoms with Crippen molar-refractivity contribution in [1.82, 2.24) is 19.7 Å². The van der Waals surface area contributed by atoms with Gasteiger partial charge in [0.15, 0.2) is 10.3 Å². The minimum atomic E-state index is 0.306. The molecule has 2 rings (SSSR count). The Balaban J connectivity index is 2.58. The first-order chi connectivity index (χ1) is 7.22. The lowest BCUT2D eigenvalue weighted by molar-refractivity contribution is 0.769. The van der Waals surface area contributed by atoms with Crippen LogP contribution in [0.15, 0.2) is 18.5 Å². The summed E-state index contributed by atoms with van der Waals surface area (Å²) in [6.45, 7) is 2.83. The van der Waals surface area contributed by atoms with E-state index in [1.165, 1.54) is 0 Å². The number of rotatable bonds is 2. The van der Waals surface area contributed by atoms with E-state index in [2.05, 4.69) is 15.2 Å². The highest BCUT2D eigenvalue weighted by Gasteiger charge is 2.11. The second kappa shape index (κ2) is 4.16. The monoisotopic (exact) mass is 242 g/mol. The summed E-state index contributed by atoms with van der Waals surface area (Å²) in [5, 5.41) is 8.00. The van der Waals surface area contributed by atoms with Gasteiger partial charge in [-0.3, -0.25) is 0 Å². The highest BCUT2D eigenvalue weighted by atomic mass is 35.5. The van der Waals surface area contributed by atoms with Gasteiger partial charge in [-0.1, -0.05) is 23.2 Å². The summed E-state index contributed by atoms with van der Waals surface area (Å²) < 4.78 is 1.96. The van der Waals surface area contributed by atoms with Crippen molar-refractivity contribution in [2.24, 2.45) is 0 Å². The van der Waals surface area contributed by atoms with Crippen molar-refractivity contribution in [3.05, 3.63) is 28.8 Å². The highest BCUT2D eigenvalue weighted by molar-refractivity contribution is 6.33. The van der Waals surface area contributed by atoms with Gasteiger partial charge >= 0.3 is 0 Å². The normalized spacial score (nSPS) is 10.6. The number of halogens is 2. The summed E-state index contributed by atoms with van der Waals surface area (Å²) in [5.74, 6) is 0.749. The third-order valence-electron chi connectivity index (χ3n) is 2.02. The minimum Gasteiger partial charge on any atom is -0.331 e. The predicted molar refractivity (Wildman–Crippen MR) is 58.9 cm³/mol. The maximum absolute atomic E-state index is 5.93. The van der Waals surface area contributed by atoms with Crippen LogP contribution in [-0.2, 0) is 6.54 Å². The zero-order valence-corrected chi connectivity index (χ0v) is 9.50. The topological polar surface area (TPSA) is 43.6 Å². The average Bonchev–Trinajstić information content (AvgIpc) is 2.69. The lowest BCUT2D eigenvalue weighted by Gasteiger charge is -2.05. The van der Waals surface area contributed by atoms with E-state index < -0.39 is 0 Å². The fraction of sp³-hybridized carbons (Fsp3) is 0.222. The third-order valence-corrected chi connectivity index (χ3v) is 2.48. The maximum atomic E-state index is 5.93. The van der Waals surface area contributed by atoms with Crippen molar-refractivity contribution in [3.63, 3.8) is 0 Å². The molecule has 78 valence electrons. The van der Waals surface area contributed by atoms with E-state index in [0.717, 1.165) is 12.4 Å². The van der Waals surface area contributed by atoms with Crippen LogP contribution in [0.5, 0.6) is 0 Å². The molecule has 0 unspecified atom stereocenters. The molecule has 0 aliphatic rings. The van der Waals surface area contributed by atoms with Gasteiger partial charge in [0, 0.05) is 18.9 Å². The Labute approximate surface area is 96.9 Å². The molecule has 0 amide bonds. The minimum absolute atomic E-state index is 0.306. The Bertz CT molecular complexity index is 481. The van der Waals surface area contributed by atoms with Gasteiger partial charge < -0.3 is 4.57 Å². The van der Waals surface area contributed by atoms with Crippen molar-refractivity contribution in [1.29, 1.82) is 0 Å². The van der Waals surface area contributed by atoms with Crippen LogP contribution >= 0.6 is 23.2 Å². The Morgan fingerprint density at radius 2 is 2.13 bits per heavy atom. The predicted octanol–water partition coefficient (Wildman–Crippen LogP) is 2.67. The highest BCUT2D eigenvalue weighted by Crippen LogP contribution is 2.25. The average molecular weight is 243 g/mol. The maximum Gasteiger partial charge on any atom is 0.162 e. The second-order valence-corrected chi connectivity index (χ2v) is 3.65. The number of imidazole rings is 1. The molecule has 0 fully saturated rings. The summed E-state index contributed by atoms with van der Waals surface area (Å²) in [6.07, 6.45) is 3.59. The molecule has 0 bridgehead atoms. The zero-order chi connectivity index (χ0) is 10.8. The fourth-order valence-corrected chi connectivity index (χ4v) is 1.64. The molecular weight excluding hydrogens is 235 g/mol. The first kappa shape index (κ1) is 10.4. The number of aryl methyl sites for hydroxylation is 1. The summed E-state index contributed by atoms with van der Waals surface area (Å²) in [5.41, 5.74) is 0.698. The summed E-state index contributed by atoms with van der Waals surface area (Å²) >= 11 is 11.7. The van der Waals surface area contributed by atoms with Crippen LogP contribution in [0.4, 0.5) is 0 Å². The van der Waals surface area contributed by atoms with E-state index in [4.69, 9.17) is 23.2 Å². The third kappa shape index (κ3) is 1.96. The van der Waals surface area contributed by atoms with Crippen LogP contribution in [0.2, 0.25) is 10.3 Å². The first-order valence-corrected chi connectivity index (χ1v) is 5.18. The van der Waals surface area contributed by atoms with Gasteiger partial charge in [-0.15, -0.1) is 10.2 Å². The van der Waals surface area contributed by atoms with Crippen LogP contribution in [-0.4, -0.2) is 19.7 Å². The van der Waals surface area contributed by atoms with Gasteiger partial charge in [0.05, 0.1) is 5.56 Å². The standard InChI is InChI=1S/C9H8Cl2N4/c1-2-15-4-3-12-9(15)6-5-7(10)13-14-8(6)11/h3-5H,2H2,1H3. The molecular formula is C9H8Cl2N4. The SMILES string of the molecule is CCn1ccnc1-c1cc(Cl)nnc1Cl. The van der Waals surface area contributed by atoms with Gasteiger partial charge in [-0.2, -0.15) is 0 Å². The molecule has 0 saturated heterocycles. The van der Waals surface area contributed by atoms with E-state index in [9.17, 15) is 0 Å². The lowest BCUT2D eigenvalue weighted by atomic mass is 10.3. The summed E-state index contributed by atoms with van der Waals surface area (Å²) in [4.78, 5) is 4.21. The lowest BCUT2D eigenvalue weighted by Crippen LogP contribution is -1.98. The van der Waals surface area contributed by atoms with Crippen LogP contribution < -0.4 is 0 Å². The molecule has 0 N–H and O–H groups in total. The van der Waals surface area contributed by atoms with Gasteiger partial charge in [-0.25, -0.2) is 4.98 Å². The Hall–Kier alpha value is -1.13. The first-order valence-electron chi connectivity index (χ1n) is 4.42. The molecule has 2 heterocycles. The number of nitrogens with zero attached hydrogens (tertiary/aromatic N) is 4. The number of hydrogen-bond acceptors (Lipinski definition) is 3. The van der Waals surface area contributed by atoms with E-state index in [-0.39, 0.29) is 0 Å². The van der Waals surface area contributed by atoms with Crippen molar-refractivity contribution in [2.75, 3.05) is 0 Å². The molecule has 0 radical (unpaired) electrons. The molecule has 6 heteroatoms. The molecule has 4 nitrogen and oxygen atoms in total. The molecule has 0 aliphatic heterocycles. The van der Waals surface area contributed by atoms with Gasteiger partial charge in [0.25, 0.3) is 0 Å². The van der Waals surface area contributed by atoms with E-state index >= 15 is 0 Å². The molecule has 0 spiro atoms. The fourth-order valence-electron chi connectivity index (χ4n) is 1.32. The van der Waals surface area contributed by atoms with Crippen molar-refractivity contribution >= 4 is 23.2 Å². The van der Waals surface area contributed by atoms with Gasteiger partial charge in [-0.05, 0) is 13.0 Å². The van der Waals surface area contributed by atoms with Crippen molar-refractivity contribution < 1.29 is 0 Å². The molecule has 2 aromatic rings. The summed E-state index contributed by atoms with van der Waals surface area (Å²) in [7, 11) is 0. The molecule has 0 atom stereocenters. The van der Waals surface area contributed by atoms with E-state index in [1.807, 2.05) is 17.7 Å². The number of hydrogen-bond donors (Lipinski definition) is 0. The van der Waals surface area contributed by atoms with Crippen LogP contribution in [0.3, 0.4) is 0 Å². The summed E-state index contributed by atoms with van der Waals surface area (Å²) in [6, 6.07) is 1.66. The van der Waals surface area contributed by atoms with Gasteiger partial charge in [0.1, 0.15) is 5.82 Å². The van der Waals surface area contributed by atoms with Crippen LogP contribution in [0.1, 0.15) is 6.92 Å². The molecule has 2 aromatic heterocycles. The molecule has 15 heavy (non-hydrogen) atoms. The van der Waals surface area contributed by atoms with Crippen molar-refractivity contribution in [2.45, 2.75) is 13.5 Å². The van der Waals surface area contributed by atoms with Crippen molar-refractivity contribution in [3.8, 4) is 11.4 Å².